The molecule has 150 valence electrons. The molecule has 2 atom stereocenters. The van der Waals surface area contributed by atoms with Crippen molar-refractivity contribution >= 4 is 11.6 Å². The Labute approximate surface area is 167 Å². The molecule has 1 aromatic carbocycles. The minimum Gasteiger partial charge on any atom is -0.372 e. The molecular weight excluding hydrogens is 350 g/mol. The van der Waals surface area contributed by atoms with Gasteiger partial charge in [0.05, 0.1) is 12.2 Å². The first kappa shape index (κ1) is 19.0. The minimum atomic E-state index is 0.107. The maximum absolute atomic E-state index is 12.3. The number of nitrogens with one attached hydrogen (secondary N) is 1. The molecular formula is C22H31N5O. The Hall–Kier alpha value is -2.34. The van der Waals surface area contributed by atoms with E-state index in [9.17, 15) is 4.79 Å². The van der Waals surface area contributed by atoms with Gasteiger partial charge in [-0.15, -0.1) is 0 Å². The summed E-state index contributed by atoms with van der Waals surface area (Å²) in [4.78, 5) is 16.6. The smallest absolute Gasteiger partial charge is 0.223 e. The highest BCUT2D eigenvalue weighted by Crippen LogP contribution is 2.36. The maximum Gasteiger partial charge on any atom is 0.223 e. The Balaban J connectivity index is 1.33. The Bertz CT molecular complexity index is 794. The molecule has 0 saturated carbocycles. The second-order valence-electron chi connectivity index (χ2n) is 8.21. The van der Waals surface area contributed by atoms with Gasteiger partial charge in [0.25, 0.3) is 0 Å². The molecule has 1 N–H and O–H groups in total. The van der Waals surface area contributed by atoms with E-state index in [1.807, 2.05) is 31.4 Å². The fourth-order valence-corrected chi connectivity index (χ4v) is 4.60. The van der Waals surface area contributed by atoms with Gasteiger partial charge >= 0.3 is 0 Å². The van der Waals surface area contributed by atoms with Crippen LogP contribution in [-0.4, -0.2) is 47.3 Å². The van der Waals surface area contributed by atoms with E-state index in [-0.39, 0.29) is 17.9 Å². The second kappa shape index (κ2) is 8.35. The molecule has 0 bridgehead atoms. The predicted molar refractivity (Wildman–Crippen MR) is 111 cm³/mol. The van der Waals surface area contributed by atoms with Gasteiger partial charge in [-0.05, 0) is 37.0 Å². The van der Waals surface area contributed by atoms with Crippen LogP contribution >= 0.6 is 0 Å². The summed E-state index contributed by atoms with van der Waals surface area (Å²) in [5, 5.41) is 7.85. The highest BCUT2D eigenvalue weighted by Gasteiger charge is 2.38. The van der Waals surface area contributed by atoms with Gasteiger partial charge in [-0.2, -0.15) is 5.10 Å². The number of nitrogens with zero attached hydrogens (tertiary/aromatic N) is 4. The average molecular weight is 382 g/mol. The van der Waals surface area contributed by atoms with Crippen LogP contribution < -0.4 is 10.2 Å². The van der Waals surface area contributed by atoms with Crippen molar-refractivity contribution in [3.63, 3.8) is 0 Å². The van der Waals surface area contributed by atoms with E-state index < -0.39 is 0 Å². The normalized spacial score (nSPS) is 22.9. The summed E-state index contributed by atoms with van der Waals surface area (Å²) in [5.41, 5.74) is 3.74. The number of aryl methyl sites for hydroxylation is 1. The fourth-order valence-electron chi connectivity index (χ4n) is 4.60. The van der Waals surface area contributed by atoms with Crippen LogP contribution in [0.25, 0.3) is 0 Å². The van der Waals surface area contributed by atoms with Crippen molar-refractivity contribution in [2.75, 3.05) is 31.6 Å². The van der Waals surface area contributed by atoms with E-state index in [2.05, 4.69) is 39.6 Å². The zero-order valence-electron chi connectivity index (χ0n) is 17.0. The number of carbonyl (C=O) groups excluding carboxylic acids is 1. The van der Waals surface area contributed by atoms with E-state index in [1.165, 1.54) is 43.6 Å². The number of likely N-dealkylation sites (tertiary alicyclic amines) is 1. The van der Waals surface area contributed by atoms with Crippen LogP contribution in [0.4, 0.5) is 5.69 Å². The van der Waals surface area contributed by atoms with Crippen molar-refractivity contribution in [3.8, 4) is 0 Å². The van der Waals surface area contributed by atoms with Crippen molar-refractivity contribution in [3.05, 3.63) is 47.8 Å². The predicted octanol–water partition coefficient (Wildman–Crippen LogP) is 2.72. The number of amides is 1. The van der Waals surface area contributed by atoms with Gasteiger partial charge in [0, 0.05) is 70.1 Å². The zero-order valence-corrected chi connectivity index (χ0v) is 17.0. The summed E-state index contributed by atoms with van der Waals surface area (Å²) in [6, 6.07) is 9.04. The van der Waals surface area contributed by atoms with Crippen molar-refractivity contribution in [2.45, 2.75) is 38.3 Å². The van der Waals surface area contributed by atoms with Crippen LogP contribution in [0.5, 0.6) is 0 Å². The topological polar surface area (TPSA) is 53.4 Å². The van der Waals surface area contributed by atoms with E-state index in [0.29, 0.717) is 6.42 Å². The highest BCUT2D eigenvalue weighted by molar-refractivity contribution is 5.79. The largest absolute Gasteiger partial charge is 0.372 e. The van der Waals surface area contributed by atoms with Crippen LogP contribution in [0, 0.1) is 5.92 Å². The Morgan fingerprint density at radius 3 is 2.54 bits per heavy atom. The number of anilines is 1. The van der Waals surface area contributed by atoms with E-state index >= 15 is 0 Å². The highest BCUT2D eigenvalue weighted by atomic mass is 16.2. The van der Waals surface area contributed by atoms with Gasteiger partial charge in [-0.3, -0.25) is 9.48 Å². The van der Waals surface area contributed by atoms with Crippen molar-refractivity contribution in [1.29, 1.82) is 0 Å². The lowest BCUT2D eigenvalue weighted by Crippen LogP contribution is -2.29. The lowest BCUT2D eigenvalue weighted by atomic mass is 9.95. The molecule has 6 heteroatoms. The number of aromatic nitrogens is 2. The quantitative estimate of drug-likeness (QED) is 0.836. The number of rotatable bonds is 6. The van der Waals surface area contributed by atoms with Crippen LogP contribution in [0.3, 0.4) is 0 Å². The first-order valence-corrected chi connectivity index (χ1v) is 10.4. The third-order valence-electron chi connectivity index (χ3n) is 6.15. The molecule has 4 rings (SSSR count). The molecule has 1 aromatic heterocycles. The summed E-state index contributed by atoms with van der Waals surface area (Å²) in [5.74, 6) is 0.487. The van der Waals surface area contributed by atoms with Crippen molar-refractivity contribution in [1.82, 2.24) is 20.0 Å². The SMILES string of the molecule is CN1C(=O)C[C@@H](CNCc2ccc(N3CCCCC3)cc2)[C@@H]1c1cnn(C)c1. The molecule has 2 aliphatic rings. The fraction of sp³-hybridized carbons (Fsp3) is 0.545. The standard InChI is InChI=1S/C22H31N5O/c1-25-16-19(15-24-25)22-18(12-21(28)26(22)2)14-23-13-17-6-8-20(9-7-17)27-10-4-3-5-11-27/h6-9,15-16,18,22-23H,3-5,10-14H2,1-2H3/t18-,22+/m0/s1. The lowest BCUT2D eigenvalue weighted by molar-refractivity contribution is -0.127. The maximum atomic E-state index is 12.3. The zero-order chi connectivity index (χ0) is 19.5. The summed E-state index contributed by atoms with van der Waals surface area (Å²) >= 11 is 0. The summed E-state index contributed by atoms with van der Waals surface area (Å²) in [6.45, 7) is 4.01. The number of hydrogen-bond donors (Lipinski definition) is 1. The molecule has 2 saturated heterocycles. The lowest BCUT2D eigenvalue weighted by Gasteiger charge is -2.29. The molecule has 1 amide bonds. The average Bonchev–Trinajstić information content (AvgIpc) is 3.26. The molecule has 6 nitrogen and oxygen atoms in total. The van der Waals surface area contributed by atoms with Crippen LogP contribution in [0.1, 0.15) is 42.9 Å². The van der Waals surface area contributed by atoms with Gasteiger partial charge in [-0.1, -0.05) is 12.1 Å². The van der Waals surface area contributed by atoms with Gasteiger partial charge < -0.3 is 15.1 Å². The molecule has 0 aliphatic carbocycles. The molecule has 2 aliphatic heterocycles. The first-order chi connectivity index (χ1) is 13.6. The molecule has 0 spiro atoms. The third kappa shape index (κ3) is 4.07. The molecule has 0 radical (unpaired) electrons. The van der Waals surface area contributed by atoms with Gasteiger partial charge in [0.1, 0.15) is 0 Å². The summed E-state index contributed by atoms with van der Waals surface area (Å²) in [7, 11) is 3.82. The minimum absolute atomic E-state index is 0.107. The van der Waals surface area contributed by atoms with E-state index in [4.69, 9.17) is 0 Å². The van der Waals surface area contributed by atoms with Crippen LogP contribution in [0.15, 0.2) is 36.7 Å². The van der Waals surface area contributed by atoms with Crippen LogP contribution in [-0.2, 0) is 18.4 Å². The third-order valence-corrected chi connectivity index (χ3v) is 6.15. The van der Waals surface area contributed by atoms with Gasteiger partial charge in [0.2, 0.25) is 5.91 Å². The van der Waals surface area contributed by atoms with Gasteiger partial charge in [-0.25, -0.2) is 0 Å². The Morgan fingerprint density at radius 2 is 1.86 bits per heavy atom. The molecule has 2 aromatic rings. The number of carbonyl (C=O) groups is 1. The van der Waals surface area contributed by atoms with E-state index in [0.717, 1.165) is 18.7 Å². The van der Waals surface area contributed by atoms with Crippen molar-refractivity contribution in [2.24, 2.45) is 13.0 Å². The van der Waals surface area contributed by atoms with Crippen LogP contribution in [0.2, 0.25) is 0 Å². The molecule has 28 heavy (non-hydrogen) atoms. The second-order valence-corrected chi connectivity index (χ2v) is 8.21. The summed E-state index contributed by atoms with van der Waals surface area (Å²) in [6.07, 6.45) is 8.46. The number of benzene rings is 1. The first-order valence-electron chi connectivity index (χ1n) is 10.4. The molecule has 3 heterocycles. The Kier molecular flexibility index (Phi) is 5.67. The number of piperidine rings is 1. The monoisotopic (exact) mass is 381 g/mol. The molecule has 0 unspecified atom stereocenters. The molecule has 2 fully saturated rings. The number of hydrogen-bond acceptors (Lipinski definition) is 4. The van der Waals surface area contributed by atoms with Crippen molar-refractivity contribution < 1.29 is 4.79 Å². The Morgan fingerprint density at radius 1 is 1.11 bits per heavy atom. The summed E-state index contributed by atoms with van der Waals surface area (Å²) < 4.78 is 1.81. The van der Waals surface area contributed by atoms with Gasteiger partial charge in [0.15, 0.2) is 0 Å². The van der Waals surface area contributed by atoms with E-state index in [1.54, 1.807) is 4.68 Å².